The fourth-order valence-corrected chi connectivity index (χ4v) is 3.00. The van der Waals surface area contributed by atoms with Crippen LogP contribution in [0.3, 0.4) is 0 Å². The summed E-state index contributed by atoms with van der Waals surface area (Å²) < 4.78 is 6.09. The Morgan fingerprint density at radius 3 is 2.52 bits per heavy atom. The number of aromatic nitrogens is 2. The molecule has 6 heteroatoms. The third-order valence-electron chi connectivity index (χ3n) is 4.49. The van der Waals surface area contributed by atoms with Crippen molar-refractivity contribution in [1.82, 2.24) is 15.0 Å². The summed E-state index contributed by atoms with van der Waals surface area (Å²) in [6.07, 6.45) is 1.17. The second-order valence-corrected chi connectivity index (χ2v) is 6.71. The first-order valence-corrected chi connectivity index (χ1v) is 8.76. The van der Waals surface area contributed by atoms with E-state index < -0.39 is 6.23 Å². The zero-order valence-electron chi connectivity index (χ0n) is 15.5. The lowest BCUT2D eigenvalue weighted by Crippen LogP contribution is -2.19. The number of anilines is 1. The predicted molar refractivity (Wildman–Crippen MR) is 106 cm³/mol. The van der Waals surface area contributed by atoms with Crippen molar-refractivity contribution in [2.75, 3.05) is 12.8 Å². The Morgan fingerprint density at radius 1 is 1.00 bits per heavy atom. The molecule has 1 aliphatic rings. The Kier molecular flexibility index (Phi) is 4.24. The molecule has 0 saturated heterocycles. The average molecular weight is 359 g/mol. The van der Waals surface area contributed by atoms with E-state index in [2.05, 4.69) is 17.0 Å². The number of nitrogens with zero attached hydrogens (tertiary/aromatic N) is 4. The predicted octanol–water partition coefficient (Wildman–Crippen LogP) is 3.67. The van der Waals surface area contributed by atoms with Crippen LogP contribution < -0.4 is 5.73 Å². The van der Waals surface area contributed by atoms with Gasteiger partial charge in [-0.05, 0) is 26.0 Å². The van der Waals surface area contributed by atoms with Crippen LogP contribution in [0.5, 0.6) is 0 Å². The van der Waals surface area contributed by atoms with Crippen LogP contribution in [0.25, 0.3) is 11.3 Å². The summed E-state index contributed by atoms with van der Waals surface area (Å²) >= 11 is 0. The summed E-state index contributed by atoms with van der Waals surface area (Å²) in [5, 5.41) is 6.24. The molecule has 1 unspecified atom stereocenters. The van der Waals surface area contributed by atoms with E-state index in [4.69, 9.17) is 15.5 Å². The number of hydrazone groups is 1. The maximum Gasteiger partial charge on any atom is 0.240 e. The topological polar surface area (TPSA) is 76.6 Å². The lowest BCUT2D eigenvalue weighted by Gasteiger charge is -2.19. The monoisotopic (exact) mass is 359 g/mol. The molecule has 0 radical (unpaired) electrons. The lowest BCUT2D eigenvalue weighted by molar-refractivity contribution is 0.0744. The van der Waals surface area contributed by atoms with E-state index >= 15 is 0 Å². The van der Waals surface area contributed by atoms with Crippen molar-refractivity contribution >= 4 is 11.7 Å². The third kappa shape index (κ3) is 3.33. The zero-order valence-corrected chi connectivity index (χ0v) is 15.5. The van der Waals surface area contributed by atoms with Crippen LogP contribution in [-0.4, -0.2) is 27.9 Å². The highest BCUT2D eigenvalue weighted by Crippen LogP contribution is 2.31. The Labute approximate surface area is 158 Å². The van der Waals surface area contributed by atoms with E-state index in [9.17, 15) is 0 Å². The van der Waals surface area contributed by atoms with Gasteiger partial charge in [0.05, 0.1) is 11.9 Å². The van der Waals surface area contributed by atoms with Crippen LogP contribution in [-0.2, 0) is 4.74 Å². The molecule has 2 heterocycles. The van der Waals surface area contributed by atoms with Gasteiger partial charge in [0, 0.05) is 18.2 Å². The largest absolute Gasteiger partial charge is 0.444 e. The van der Waals surface area contributed by atoms with Crippen molar-refractivity contribution in [2.45, 2.75) is 20.1 Å². The second-order valence-electron chi connectivity index (χ2n) is 6.71. The molecule has 0 spiro atoms. The van der Waals surface area contributed by atoms with Gasteiger partial charge in [-0.25, -0.2) is 9.97 Å². The van der Waals surface area contributed by atoms with Crippen molar-refractivity contribution in [1.29, 1.82) is 0 Å². The Bertz CT molecular complexity index is 1010. The molecule has 6 nitrogen and oxygen atoms in total. The molecule has 1 atom stereocenters. The van der Waals surface area contributed by atoms with Gasteiger partial charge >= 0.3 is 0 Å². The fraction of sp³-hybridized carbons (Fsp3) is 0.190. The molecule has 0 fully saturated rings. The highest BCUT2D eigenvalue weighted by atomic mass is 16.5. The molecule has 1 aliphatic heterocycles. The van der Waals surface area contributed by atoms with Crippen LogP contribution >= 0.6 is 0 Å². The van der Waals surface area contributed by atoms with E-state index in [1.165, 1.54) is 5.56 Å². The second kappa shape index (κ2) is 6.72. The summed E-state index contributed by atoms with van der Waals surface area (Å²) in [6, 6.07) is 16.2. The molecule has 0 bridgehead atoms. The summed E-state index contributed by atoms with van der Waals surface area (Å²) in [5.41, 5.74) is 11.7. The van der Waals surface area contributed by atoms with Gasteiger partial charge in [0.25, 0.3) is 0 Å². The minimum Gasteiger partial charge on any atom is -0.444 e. The minimum absolute atomic E-state index is 0.336. The number of nitrogens with two attached hydrogens (primary N) is 1. The van der Waals surface area contributed by atoms with Crippen LogP contribution in [0.15, 0.2) is 59.8 Å². The maximum absolute atomic E-state index is 6.11. The number of ether oxygens (including phenoxy) is 1. The average Bonchev–Trinajstić information content (AvgIpc) is 3.04. The first kappa shape index (κ1) is 17.0. The summed E-state index contributed by atoms with van der Waals surface area (Å²) in [6.45, 7) is 4.09. The van der Waals surface area contributed by atoms with Gasteiger partial charge in [0.1, 0.15) is 5.69 Å². The highest BCUT2D eigenvalue weighted by molar-refractivity contribution is 5.95. The zero-order chi connectivity index (χ0) is 19.0. The molecule has 0 amide bonds. The normalized spacial score (nSPS) is 16.2. The highest BCUT2D eigenvalue weighted by Gasteiger charge is 2.31. The van der Waals surface area contributed by atoms with E-state index in [1.807, 2.05) is 62.5 Å². The van der Waals surface area contributed by atoms with Crippen molar-refractivity contribution in [3.8, 4) is 11.3 Å². The van der Waals surface area contributed by atoms with Crippen LogP contribution in [0.4, 0.5) is 5.82 Å². The number of benzene rings is 2. The molecule has 3 aromatic rings. The molecule has 136 valence electrons. The first-order chi connectivity index (χ1) is 13.0. The van der Waals surface area contributed by atoms with Gasteiger partial charge in [0.15, 0.2) is 5.82 Å². The Balaban J connectivity index is 1.66. The summed E-state index contributed by atoms with van der Waals surface area (Å²) in [4.78, 5) is 9.05. The SMILES string of the molecule is Cc1ccc(-c2cnc(N)c(C3OC(c4cccc(C)c4)=NN3C)n2)cc1. The molecular formula is C21H21N5O. The molecule has 0 saturated carbocycles. The molecule has 2 N–H and O–H groups in total. The van der Waals surface area contributed by atoms with Crippen molar-refractivity contribution in [3.05, 3.63) is 77.1 Å². The summed E-state index contributed by atoms with van der Waals surface area (Å²) in [7, 11) is 1.84. The Morgan fingerprint density at radius 2 is 1.78 bits per heavy atom. The summed E-state index contributed by atoms with van der Waals surface area (Å²) in [5.74, 6) is 0.886. The lowest BCUT2D eigenvalue weighted by atomic mass is 10.1. The van der Waals surface area contributed by atoms with Gasteiger partial charge in [-0.15, -0.1) is 5.10 Å². The van der Waals surface area contributed by atoms with Gasteiger partial charge < -0.3 is 10.5 Å². The van der Waals surface area contributed by atoms with Crippen molar-refractivity contribution < 1.29 is 4.74 Å². The third-order valence-corrected chi connectivity index (χ3v) is 4.49. The van der Waals surface area contributed by atoms with E-state index in [0.717, 1.165) is 22.4 Å². The number of hydrogen-bond donors (Lipinski definition) is 1. The van der Waals surface area contributed by atoms with Gasteiger partial charge in [-0.2, -0.15) is 0 Å². The molecular weight excluding hydrogens is 338 g/mol. The molecule has 1 aromatic heterocycles. The van der Waals surface area contributed by atoms with Crippen LogP contribution in [0.2, 0.25) is 0 Å². The molecule has 27 heavy (non-hydrogen) atoms. The van der Waals surface area contributed by atoms with E-state index in [-0.39, 0.29) is 0 Å². The standard InChI is InChI=1S/C21H21N5O/c1-13-7-9-15(10-8-13)17-12-23-19(22)18(24-17)21-26(3)25-20(27-21)16-6-4-5-14(2)11-16/h4-12,21H,1-3H3,(H2,22,23). The number of hydrogen-bond acceptors (Lipinski definition) is 6. The quantitative estimate of drug-likeness (QED) is 0.772. The molecule has 0 aliphatic carbocycles. The van der Waals surface area contributed by atoms with E-state index in [1.54, 1.807) is 11.2 Å². The van der Waals surface area contributed by atoms with Crippen molar-refractivity contribution in [3.63, 3.8) is 0 Å². The molecule has 4 rings (SSSR count). The smallest absolute Gasteiger partial charge is 0.240 e. The fourth-order valence-electron chi connectivity index (χ4n) is 3.00. The number of nitrogen functional groups attached to an aromatic ring is 1. The maximum atomic E-state index is 6.11. The number of aryl methyl sites for hydroxylation is 2. The minimum atomic E-state index is -0.515. The molecule has 2 aromatic carbocycles. The van der Waals surface area contributed by atoms with Gasteiger partial charge in [0.2, 0.25) is 12.1 Å². The first-order valence-electron chi connectivity index (χ1n) is 8.76. The van der Waals surface area contributed by atoms with Gasteiger partial charge in [-0.3, -0.25) is 5.01 Å². The van der Waals surface area contributed by atoms with Gasteiger partial charge in [-0.1, -0.05) is 47.5 Å². The van der Waals surface area contributed by atoms with Crippen LogP contribution in [0.1, 0.15) is 28.6 Å². The Hall–Kier alpha value is -3.41. The van der Waals surface area contributed by atoms with Crippen molar-refractivity contribution in [2.24, 2.45) is 5.10 Å². The van der Waals surface area contributed by atoms with E-state index in [0.29, 0.717) is 17.4 Å². The van der Waals surface area contributed by atoms with Crippen LogP contribution in [0, 0.1) is 13.8 Å². The number of rotatable bonds is 3.